The van der Waals surface area contributed by atoms with Gasteiger partial charge in [-0.25, -0.2) is 0 Å². The van der Waals surface area contributed by atoms with Gasteiger partial charge in [-0.2, -0.15) is 0 Å². The van der Waals surface area contributed by atoms with Crippen molar-refractivity contribution in [2.75, 3.05) is 0 Å². The second-order valence-corrected chi connectivity index (χ2v) is 4.65. The summed E-state index contributed by atoms with van der Waals surface area (Å²) in [5, 5.41) is 0. The lowest BCUT2D eigenvalue weighted by molar-refractivity contribution is 0.346. The Hall–Kier alpha value is 0. The van der Waals surface area contributed by atoms with Crippen LogP contribution in [0, 0.1) is 17.8 Å². The van der Waals surface area contributed by atoms with Gasteiger partial charge in [0.25, 0.3) is 0 Å². The van der Waals surface area contributed by atoms with E-state index in [0.717, 1.165) is 17.8 Å². The van der Waals surface area contributed by atoms with Crippen LogP contribution >= 0.6 is 0 Å². The van der Waals surface area contributed by atoms with E-state index in [1.165, 1.54) is 38.5 Å². The lowest BCUT2D eigenvalue weighted by Gasteiger charge is -2.16. The zero-order chi connectivity index (χ0) is 8.97. The molecule has 0 aromatic heterocycles. The molecule has 0 saturated heterocycles. The van der Waals surface area contributed by atoms with E-state index in [4.69, 9.17) is 0 Å². The second kappa shape index (κ2) is 4.89. The molecule has 0 aliphatic heterocycles. The van der Waals surface area contributed by atoms with E-state index in [1.54, 1.807) is 0 Å². The van der Waals surface area contributed by atoms with Gasteiger partial charge < -0.3 is 0 Å². The fourth-order valence-corrected chi connectivity index (χ4v) is 2.83. The van der Waals surface area contributed by atoms with Crippen LogP contribution in [-0.4, -0.2) is 0 Å². The summed E-state index contributed by atoms with van der Waals surface area (Å²) in [7, 11) is 0. The molecule has 1 saturated carbocycles. The highest BCUT2D eigenvalue weighted by Gasteiger charge is 2.29. The summed E-state index contributed by atoms with van der Waals surface area (Å²) < 4.78 is 0. The Kier molecular flexibility index (Phi) is 4.11. The van der Waals surface area contributed by atoms with Crippen LogP contribution < -0.4 is 0 Å². The summed E-state index contributed by atoms with van der Waals surface area (Å²) in [4.78, 5) is 0. The van der Waals surface area contributed by atoms with E-state index < -0.39 is 0 Å². The van der Waals surface area contributed by atoms with Crippen molar-refractivity contribution in [3.8, 4) is 0 Å². The number of hydrogen-bond donors (Lipinski definition) is 0. The molecule has 0 aromatic carbocycles. The predicted molar refractivity (Wildman–Crippen MR) is 55.2 cm³/mol. The van der Waals surface area contributed by atoms with Gasteiger partial charge in [0.1, 0.15) is 0 Å². The molecule has 0 aromatic rings. The first-order valence-electron chi connectivity index (χ1n) is 5.77. The third-order valence-corrected chi connectivity index (χ3v) is 3.53. The lowest BCUT2D eigenvalue weighted by Crippen LogP contribution is -2.06. The third-order valence-electron chi connectivity index (χ3n) is 3.53. The Labute approximate surface area is 77.7 Å². The number of rotatable bonds is 4. The van der Waals surface area contributed by atoms with Crippen molar-refractivity contribution in [1.82, 2.24) is 0 Å². The van der Waals surface area contributed by atoms with E-state index in [0.29, 0.717) is 0 Å². The predicted octanol–water partition coefficient (Wildman–Crippen LogP) is 4.25. The second-order valence-electron chi connectivity index (χ2n) is 4.65. The molecule has 0 bridgehead atoms. The SMILES string of the molecule is CCCC[C@@H]1CC(C)C[C@@H]1CC. The van der Waals surface area contributed by atoms with Crippen LogP contribution in [0.25, 0.3) is 0 Å². The van der Waals surface area contributed by atoms with Crippen LogP contribution in [0.2, 0.25) is 0 Å². The Morgan fingerprint density at radius 2 is 1.75 bits per heavy atom. The van der Waals surface area contributed by atoms with Gasteiger partial charge in [0.2, 0.25) is 0 Å². The van der Waals surface area contributed by atoms with Crippen LogP contribution in [0.4, 0.5) is 0 Å². The maximum Gasteiger partial charge on any atom is -0.0383 e. The van der Waals surface area contributed by atoms with Crippen LogP contribution in [0.15, 0.2) is 0 Å². The Morgan fingerprint density at radius 3 is 2.33 bits per heavy atom. The first kappa shape index (κ1) is 10.1. The smallest absolute Gasteiger partial charge is 0.0383 e. The largest absolute Gasteiger partial charge is 0.0654 e. The van der Waals surface area contributed by atoms with Crippen LogP contribution in [0.3, 0.4) is 0 Å². The van der Waals surface area contributed by atoms with Gasteiger partial charge in [-0.15, -0.1) is 0 Å². The number of hydrogen-bond acceptors (Lipinski definition) is 0. The summed E-state index contributed by atoms with van der Waals surface area (Å²) in [6.07, 6.45) is 8.76. The molecular formula is C12H24. The van der Waals surface area contributed by atoms with E-state index in [2.05, 4.69) is 20.8 Å². The molecular weight excluding hydrogens is 144 g/mol. The molecule has 0 N–H and O–H groups in total. The van der Waals surface area contributed by atoms with Gasteiger partial charge in [-0.1, -0.05) is 46.5 Å². The van der Waals surface area contributed by atoms with E-state index in [-0.39, 0.29) is 0 Å². The molecule has 1 aliphatic carbocycles. The van der Waals surface area contributed by atoms with Crippen LogP contribution in [-0.2, 0) is 0 Å². The van der Waals surface area contributed by atoms with E-state index in [1.807, 2.05) is 0 Å². The normalized spacial score (nSPS) is 35.8. The molecule has 0 spiro atoms. The Balaban J connectivity index is 2.30. The van der Waals surface area contributed by atoms with Gasteiger partial charge >= 0.3 is 0 Å². The molecule has 0 amide bonds. The molecule has 1 unspecified atom stereocenters. The minimum Gasteiger partial charge on any atom is -0.0654 e. The van der Waals surface area contributed by atoms with Crippen molar-refractivity contribution in [2.24, 2.45) is 17.8 Å². The third kappa shape index (κ3) is 2.50. The highest BCUT2D eigenvalue weighted by Crippen LogP contribution is 2.40. The first-order valence-corrected chi connectivity index (χ1v) is 5.77. The van der Waals surface area contributed by atoms with Crippen molar-refractivity contribution in [3.63, 3.8) is 0 Å². The van der Waals surface area contributed by atoms with Crippen molar-refractivity contribution < 1.29 is 0 Å². The zero-order valence-corrected chi connectivity index (χ0v) is 8.97. The van der Waals surface area contributed by atoms with E-state index >= 15 is 0 Å². The first-order chi connectivity index (χ1) is 5.77. The molecule has 72 valence electrons. The Bertz CT molecular complexity index is 117. The summed E-state index contributed by atoms with van der Waals surface area (Å²) in [6.45, 7) is 7.09. The molecule has 0 radical (unpaired) electrons. The molecule has 1 fully saturated rings. The molecule has 1 rings (SSSR count). The summed E-state index contributed by atoms with van der Waals surface area (Å²) in [6, 6.07) is 0. The van der Waals surface area contributed by atoms with Gasteiger partial charge in [-0.05, 0) is 30.6 Å². The molecule has 0 nitrogen and oxygen atoms in total. The highest BCUT2D eigenvalue weighted by atomic mass is 14.3. The Morgan fingerprint density at radius 1 is 1.08 bits per heavy atom. The van der Waals surface area contributed by atoms with Crippen molar-refractivity contribution >= 4 is 0 Å². The maximum absolute atomic E-state index is 2.43. The zero-order valence-electron chi connectivity index (χ0n) is 8.97. The standard InChI is InChI=1S/C12H24/c1-4-6-7-12-9-10(3)8-11(12)5-2/h10-12H,4-9H2,1-3H3/t10?,11-,12+/m0/s1. The van der Waals surface area contributed by atoms with Gasteiger partial charge in [0.15, 0.2) is 0 Å². The van der Waals surface area contributed by atoms with Crippen molar-refractivity contribution in [3.05, 3.63) is 0 Å². The van der Waals surface area contributed by atoms with Gasteiger partial charge in [0, 0.05) is 0 Å². The molecule has 0 heterocycles. The highest BCUT2D eigenvalue weighted by molar-refractivity contribution is 4.80. The van der Waals surface area contributed by atoms with Crippen molar-refractivity contribution in [1.29, 1.82) is 0 Å². The van der Waals surface area contributed by atoms with Crippen LogP contribution in [0.5, 0.6) is 0 Å². The van der Waals surface area contributed by atoms with Gasteiger partial charge in [0.05, 0.1) is 0 Å². The topological polar surface area (TPSA) is 0 Å². The van der Waals surface area contributed by atoms with E-state index in [9.17, 15) is 0 Å². The molecule has 12 heavy (non-hydrogen) atoms. The van der Waals surface area contributed by atoms with Gasteiger partial charge in [-0.3, -0.25) is 0 Å². The fraction of sp³-hybridized carbons (Fsp3) is 1.00. The van der Waals surface area contributed by atoms with Crippen LogP contribution in [0.1, 0.15) is 59.3 Å². The summed E-state index contributed by atoms with van der Waals surface area (Å²) in [5.41, 5.74) is 0. The minimum absolute atomic E-state index is 1.01. The van der Waals surface area contributed by atoms with Crippen molar-refractivity contribution in [2.45, 2.75) is 59.3 Å². The number of unbranched alkanes of at least 4 members (excludes halogenated alkanes) is 1. The molecule has 1 aliphatic rings. The monoisotopic (exact) mass is 168 g/mol. The molecule has 0 heteroatoms. The summed E-state index contributed by atoms with van der Waals surface area (Å²) in [5.74, 6) is 3.15. The molecule has 3 atom stereocenters. The average Bonchev–Trinajstić information content (AvgIpc) is 2.42. The average molecular weight is 168 g/mol. The fourth-order valence-electron chi connectivity index (χ4n) is 2.83. The summed E-state index contributed by atoms with van der Waals surface area (Å²) >= 11 is 0. The lowest BCUT2D eigenvalue weighted by atomic mass is 9.89. The quantitative estimate of drug-likeness (QED) is 0.588. The minimum atomic E-state index is 1.01. The maximum atomic E-state index is 2.43.